The van der Waals surface area contributed by atoms with Crippen molar-refractivity contribution in [3.63, 3.8) is 0 Å². The molecular formula is C21H38ClNNa. The molecule has 0 N–H and O–H groups in total. The molecule has 0 amide bonds. The summed E-state index contributed by atoms with van der Waals surface area (Å²) in [5, 5.41) is 0. The monoisotopic (exact) mass is 362 g/mol. The van der Waals surface area contributed by atoms with Gasteiger partial charge in [0.15, 0.2) is 12.4 Å². The molecule has 0 aromatic carbocycles. The van der Waals surface area contributed by atoms with Crippen LogP contribution >= 0.6 is 0 Å². The van der Waals surface area contributed by atoms with Gasteiger partial charge in [-0.2, -0.15) is 0 Å². The van der Waals surface area contributed by atoms with E-state index in [4.69, 9.17) is 0 Å². The van der Waals surface area contributed by atoms with Crippen molar-refractivity contribution in [2.45, 2.75) is 103 Å². The third-order valence-electron chi connectivity index (χ3n) is 4.55. The number of unbranched alkanes of at least 4 members (excludes halogenated alkanes) is 13. The Balaban J connectivity index is 0. The van der Waals surface area contributed by atoms with Crippen molar-refractivity contribution in [3.05, 3.63) is 30.6 Å². The van der Waals surface area contributed by atoms with Gasteiger partial charge in [-0.05, 0) is 6.42 Å². The number of pyridine rings is 1. The van der Waals surface area contributed by atoms with Crippen molar-refractivity contribution in [2.24, 2.45) is 0 Å². The van der Waals surface area contributed by atoms with Crippen molar-refractivity contribution in [1.29, 1.82) is 0 Å². The molecule has 0 saturated carbocycles. The molecule has 1 aromatic heterocycles. The van der Waals surface area contributed by atoms with Crippen molar-refractivity contribution in [2.75, 3.05) is 0 Å². The summed E-state index contributed by atoms with van der Waals surface area (Å²) in [5.41, 5.74) is 0. The van der Waals surface area contributed by atoms with Gasteiger partial charge in [-0.15, -0.1) is 0 Å². The maximum Gasteiger partial charge on any atom is 0.168 e. The van der Waals surface area contributed by atoms with Crippen LogP contribution in [-0.4, -0.2) is 29.6 Å². The van der Waals surface area contributed by atoms with Crippen LogP contribution in [0.15, 0.2) is 30.6 Å². The van der Waals surface area contributed by atoms with Gasteiger partial charge in [0, 0.05) is 48.1 Å². The van der Waals surface area contributed by atoms with Gasteiger partial charge in [0.2, 0.25) is 0 Å². The Bertz CT molecular complexity index is 332. The molecule has 1 aromatic rings. The molecule has 0 aliphatic rings. The summed E-state index contributed by atoms with van der Waals surface area (Å²) >= 11 is 0. The molecule has 0 aliphatic carbocycles. The summed E-state index contributed by atoms with van der Waals surface area (Å²) in [6, 6.07) is 6.31. The molecular weight excluding hydrogens is 325 g/mol. The summed E-state index contributed by atoms with van der Waals surface area (Å²) in [4.78, 5) is 0. The number of aromatic nitrogens is 1. The van der Waals surface area contributed by atoms with E-state index in [0.717, 1.165) is 0 Å². The molecule has 24 heavy (non-hydrogen) atoms. The largest absolute Gasteiger partial charge is 1.00 e. The second-order valence-corrected chi connectivity index (χ2v) is 6.71. The summed E-state index contributed by atoms with van der Waals surface area (Å²) in [5.74, 6) is 0. The predicted molar refractivity (Wildman–Crippen MR) is 103 cm³/mol. The molecule has 0 fully saturated rings. The standard InChI is InChI=1S/C21H38N.ClH.Na/c1-2-3-4-5-6-7-8-9-10-11-12-13-14-16-19-22-20-17-15-18-21-22;;/h15,17-18,20-21H,2-14,16,19H2,1H3;1H;/q+1;;/p-1. The molecule has 0 atom stereocenters. The Kier molecular flexibility index (Phi) is 23.9. The van der Waals surface area contributed by atoms with E-state index in [9.17, 15) is 0 Å². The molecule has 1 radical (unpaired) electrons. The Morgan fingerprint density at radius 3 is 1.33 bits per heavy atom. The quantitative estimate of drug-likeness (QED) is 0.256. The smallest absolute Gasteiger partial charge is 0.168 e. The third kappa shape index (κ3) is 17.3. The number of halogens is 1. The third-order valence-corrected chi connectivity index (χ3v) is 4.55. The van der Waals surface area contributed by atoms with Gasteiger partial charge in [-0.3, -0.25) is 0 Å². The van der Waals surface area contributed by atoms with E-state index < -0.39 is 0 Å². The first-order valence-electron chi connectivity index (χ1n) is 9.87. The van der Waals surface area contributed by atoms with Gasteiger partial charge in [0.25, 0.3) is 0 Å². The topological polar surface area (TPSA) is 3.88 Å². The second kappa shape index (κ2) is 21.5. The average Bonchev–Trinajstić information content (AvgIpc) is 2.56. The molecule has 0 unspecified atom stereocenters. The summed E-state index contributed by atoms with van der Waals surface area (Å²) in [7, 11) is 0. The van der Waals surface area contributed by atoms with Crippen molar-refractivity contribution in [1.82, 2.24) is 0 Å². The van der Waals surface area contributed by atoms with Gasteiger partial charge in [-0.25, -0.2) is 4.57 Å². The van der Waals surface area contributed by atoms with Crippen LogP contribution in [0.3, 0.4) is 0 Å². The van der Waals surface area contributed by atoms with Crippen LogP contribution in [0.4, 0.5) is 0 Å². The number of rotatable bonds is 15. The molecule has 135 valence electrons. The minimum absolute atomic E-state index is 0. The SMILES string of the molecule is CCCCCCCCCCCCCCCC[n+]1ccccc1.[Cl-].[Na]. The molecule has 0 spiro atoms. The fourth-order valence-electron chi connectivity index (χ4n) is 3.07. The van der Waals surface area contributed by atoms with Gasteiger partial charge in [-0.1, -0.05) is 90.0 Å². The molecule has 0 aliphatic heterocycles. The predicted octanol–water partition coefficient (Wildman–Crippen LogP) is 3.08. The van der Waals surface area contributed by atoms with Crippen molar-refractivity contribution in [3.8, 4) is 0 Å². The number of nitrogens with zero attached hydrogens (tertiary/aromatic N) is 1. The Hall–Kier alpha value is 0.440. The Morgan fingerprint density at radius 1 is 0.542 bits per heavy atom. The first kappa shape index (κ1) is 26.7. The fourth-order valence-corrected chi connectivity index (χ4v) is 3.07. The normalized spacial score (nSPS) is 10.0. The Labute approximate surface area is 179 Å². The molecule has 0 bridgehead atoms. The van der Waals surface area contributed by atoms with E-state index in [1.54, 1.807) is 0 Å². The van der Waals surface area contributed by atoms with Gasteiger partial charge >= 0.3 is 0 Å². The number of aryl methyl sites for hydroxylation is 1. The van der Waals surface area contributed by atoms with E-state index in [2.05, 4.69) is 42.1 Å². The van der Waals surface area contributed by atoms with Crippen LogP contribution in [0.5, 0.6) is 0 Å². The van der Waals surface area contributed by atoms with Gasteiger partial charge in [0.1, 0.15) is 6.54 Å². The van der Waals surface area contributed by atoms with Crippen LogP contribution in [0.1, 0.15) is 96.8 Å². The van der Waals surface area contributed by atoms with Gasteiger partial charge < -0.3 is 12.4 Å². The summed E-state index contributed by atoms with van der Waals surface area (Å²) in [6.07, 6.45) is 24.4. The molecule has 0 saturated heterocycles. The zero-order chi connectivity index (χ0) is 15.7. The van der Waals surface area contributed by atoms with Gasteiger partial charge in [0.05, 0.1) is 0 Å². The zero-order valence-electron chi connectivity index (χ0n) is 16.3. The summed E-state index contributed by atoms with van der Waals surface area (Å²) in [6.45, 7) is 3.47. The maximum atomic E-state index is 2.29. The van der Waals surface area contributed by atoms with E-state index >= 15 is 0 Å². The summed E-state index contributed by atoms with van der Waals surface area (Å²) < 4.78 is 2.29. The van der Waals surface area contributed by atoms with Crippen LogP contribution in [0.25, 0.3) is 0 Å². The van der Waals surface area contributed by atoms with E-state index in [0.29, 0.717) is 0 Å². The number of hydrogen-bond acceptors (Lipinski definition) is 0. The average molecular weight is 363 g/mol. The van der Waals surface area contributed by atoms with Crippen LogP contribution in [-0.2, 0) is 6.54 Å². The van der Waals surface area contributed by atoms with Crippen molar-refractivity contribution < 1.29 is 17.0 Å². The number of hydrogen-bond donors (Lipinski definition) is 0. The minimum Gasteiger partial charge on any atom is -1.00 e. The minimum atomic E-state index is 0. The van der Waals surface area contributed by atoms with E-state index in [1.165, 1.54) is 96.4 Å². The molecule has 1 nitrogen and oxygen atoms in total. The first-order chi connectivity index (χ1) is 10.9. The molecule has 1 heterocycles. The van der Waals surface area contributed by atoms with E-state index in [-0.39, 0.29) is 42.0 Å². The zero-order valence-corrected chi connectivity index (χ0v) is 19.1. The van der Waals surface area contributed by atoms with Crippen molar-refractivity contribution >= 4 is 29.6 Å². The second-order valence-electron chi connectivity index (χ2n) is 6.71. The maximum absolute atomic E-state index is 2.29. The van der Waals surface area contributed by atoms with Crippen LogP contribution in [0.2, 0.25) is 0 Å². The first-order valence-corrected chi connectivity index (χ1v) is 9.87. The van der Waals surface area contributed by atoms with E-state index in [1.807, 2.05) is 0 Å². The van der Waals surface area contributed by atoms with Crippen LogP contribution < -0.4 is 17.0 Å². The Morgan fingerprint density at radius 2 is 0.917 bits per heavy atom. The molecule has 1 rings (SSSR count). The fraction of sp³-hybridized carbons (Fsp3) is 0.762. The van der Waals surface area contributed by atoms with Crippen LogP contribution in [0, 0.1) is 0 Å². The molecule has 3 heteroatoms.